The van der Waals surface area contributed by atoms with Gasteiger partial charge >= 0.3 is 5.97 Å². The summed E-state index contributed by atoms with van der Waals surface area (Å²) in [7, 11) is -0.265. The van der Waals surface area contributed by atoms with E-state index in [1.165, 1.54) is 18.3 Å². The highest BCUT2D eigenvalue weighted by molar-refractivity contribution is 7.89. The van der Waals surface area contributed by atoms with Crippen molar-refractivity contribution in [1.82, 2.24) is 9.21 Å². The summed E-state index contributed by atoms with van der Waals surface area (Å²) in [4.78, 5) is 12.9. The molecule has 118 valence electrons. The van der Waals surface area contributed by atoms with Crippen molar-refractivity contribution in [2.75, 3.05) is 27.2 Å². The van der Waals surface area contributed by atoms with Crippen LogP contribution in [0.3, 0.4) is 0 Å². The Hall–Kier alpha value is -1.38. The van der Waals surface area contributed by atoms with Gasteiger partial charge in [0.25, 0.3) is 0 Å². The average molecular weight is 316 g/mol. The lowest BCUT2D eigenvalue weighted by atomic mass is 10.1. The van der Waals surface area contributed by atoms with Gasteiger partial charge in [0.15, 0.2) is 0 Å². The molecule has 7 nitrogen and oxygen atoms in total. The lowest BCUT2D eigenvalue weighted by Gasteiger charge is -2.34. The SMILES string of the molecule is Cc1oc(C(=O)O)cc1S(=O)(=O)N(C)[C@H]1CCCN(C)C1. The monoisotopic (exact) mass is 316 g/mol. The molecular formula is C13H20N2O5S. The molecular weight excluding hydrogens is 296 g/mol. The maximum Gasteiger partial charge on any atom is 0.371 e. The number of furan rings is 1. The fraction of sp³-hybridized carbons (Fsp3) is 0.615. The van der Waals surface area contributed by atoms with Crippen molar-refractivity contribution in [3.05, 3.63) is 17.6 Å². The van der Waals surface area contributed by atoms with Crippen LogP contribution in [0.4, 0.5) is 0 Å². The molecule has 1 aromatic heterocycles. The highest BCUT2D eigenvalue weighted by Gasteiger charge is 2.33. The van der Waals surface area contributed by atoms with E-state index in [0.717, 1.165) is 25.5 Å². The second-order valence-electron chi connectivity index (χ2n) is 5.42. The van der Waals surface area contributed by atoms with Gasteiger partial charge in [-0.15, -0.1) is 0 Å². The van der Waals surface area contributed by atoms with E-state index < -0.39 is 16.0 Å². The summed E-state index contributed by atoms with van der Waals surface area (Å²) in [6, 6.07) is 0.965. The zero-order valence-electron chi connectivity index (χ0n) is 12.4. The number of aromatic carboxylic acids is 1. The fourth-order valence-electron chi connectivity index (χ4n) is 2.61. The number of nitrogens with zero attached hydrogens (tertiary/aromatic N) is 2. The van der Waals surface area contributed by atoms with Crippen molar-refractivity contribution in [3.8, 4) is 0 Å². The standard InChI is InChI=1S/C13H20N2O5S/c1-9-12(7-11(20-9)13(16)17)21(18,19)15(3)10-5-4-6-14(2)8-10/h7,10H,4-6,8H2,1-3H3,(H,16,17)/t10-/m0/s1. The summed E-state index contributed by atoms with van der Waals surface area (Å²) >= 11 is 0. The molecule has 0 aliphatic carbocycles. The van der Waals surface area contributed by atoms with Crippen LogP contribution >= 0.6 is 0 Å². The minimum absolute atomic E-state index is 0.0735. The molecule has 1 N–H and O–H groups in total. The third-order valence-electron chi connectivity index (χ3n) is 3.85. The first kappa shape index (κ1) is 16.0. The summed E-state index contributed by atoms with van der Waals surface area (Å²) in [5.74, 6) is -1.54. The predicted molar refractivity (Wildman–Crippen MR) is 75.9 cm³/mol. The molecule has 0 amide bonds. The first-order valence-electron chi connectivity index (χ1n) is 6.73. The van der Waals surface area contributed by atoms with Crippen LogP contribution in [-0.2, 0) is 10.0 Å². The summed E-state index contributed by atoms with van der Waals surface area (Å²) in [5.41, 5.74) is 0. The Morgan fingerprint density at radius 3 is 2.71 bits per heavy atom. The molecule has 1 saturated heterocycles. The number of hydrogen-bond acceptors (Lipinski definition) is 5. The Morgan fingerprint density at radius 1 is 1.52 bits per heavy atom. The molecule has 2 rings (SSSR count). The minimum atomic E-state index is -3.76. The van der Waals surface area contributed by atoms with Gasteiger partial charge in [-0.1, -0.05) is 0 Å². The molecule has 1 atom stereocenters. The highest BCUT2D eigenvalue weighted by atomic mass is 32.2. The molecule has 0 unspecified atom stereocenters. The number of aryl methyl sites for hydroxylation is 1. The van der Waals surface area contributed by atoms with Crippen LogP contribution in [0.25, 0.3) is 0 Å². The number of sulfonamides is 1. The van der Waals surface area contributed by atoms with Crippen LogP contribution in [0, 0.1) is 6.92 Å². The Morgan fingerprint density at radius 2 is 2.19 bits per heavy atom. The van der Waals surface area contributed by atoms with Crippen LogP contribution in [0.15, 0.2) is 15.4 Å². The molecule has 0 saturated carbocycles. The van der Waals surface area contributed by atoms with Gasteiger partial charge in [0, 0.05) is 25.7 Å². The molecule has 1 aliphatic rings. The Kier molecular flexibility index (Phi) is 4.40. The molecule has 0 aromatic carbocycles. The second kappa shape index (κ2) is 5.78. The fourth-order valence-corrected chi connectivity index (χ4v) is 4.15. The van der Waals surface area contributed by atoms with Gasteiger partial charge in [0.1, 0.15) is 10.7 Å². The molecule has 0 radical (unpaired) electrons. The van der Waals surface area contributed by atoms with Gasteiger partial charge in [-0.2, -0.15) is 4.31 Å². The Labute approximate surface area is 124 Å². The van der Waals surface area contributed by atoms with Crippen LogP contribution in [0.1, 0.15) is 29.2 Å². The van der Waals surface area contributed by atoms with Crippen LogP contribution in [-0.4, -0.2) is 61.9 Å². The van der Waals surface area contributed by atoms with E-state index in [-0.39, 0.29) is 22.5 Å². The van der Waals surface area contributed by atoms with Gasteiger partial charge in [0.05, 0.1) is 0 Å². The Bertz CT molecular complexity index is 637. The van der Waals surface area contributed by atoms with Crippen molar-refractivity contribution in [2.24, 2.45) is 0 Å². The van der Waals surface area contributed by atoms with Gasteiger partial charge in [-0.3, -0.25) is 0 Å². The molecule has 8 heteroatoms. The first-order valence-corrected chi connectivity index (χ1v) is 8.18. The zero-order valence-corrected chi connectivity index (χ0v) is 13.2. The summed E-state index contributed by atoms with van der Waals surface area (Å²) in [6.45, 7) is 3.08. The normalized spacial score (nSPS) is 20.9. The molecule has 2 heterocycles. The second-order valence-corrected chi connectivity index (χ2v) is 7.38. The third-order valence-corrected chi connectivity index (χ3v) is 5.87. The van der Waals surface area contributed by atoms with E-state index in [0.29, 0.717) is 6.54 Å². The van der Waals surface area contributed by atoms with Crippen molar-refractivity contribution in [1.29, 1.82) is 0 Å². The smallest absolute Gasteiger partial charge is 0.371 e. The number of likely N-dealkylation sites (N-methyl/N-ethyl adjacent to an activating group) is 2. The van der Waals surface area contributed by atoms with Gasteiger partial charge in [0.2, 0.25) is 15.8 Å². The lowest BCUT2D eigenvalue weighted by molar-refractivity contribution is 0.0661. The summed E-state index contributed by atoms with van der Waals surface area (Å²) in [5, 5.41) is 8.90. The zero-order chi connectivity index (χ0) is 15.8. The average Bonchev–Trinajstić information content (AvgIpc) is 2.81. The summed E-state index contributed by atoms with van der Waals surface area (Å²) < 4.78 is 31.6. The number of carboxylic acids is 1. The predicted octanol–water partition coefficient (Wildman–Crippen LogP) is 1.00. The van der Waals surface area contributed by atoms with Crippen molar-refractivity contribution in [3.63, 3.8) is 0 Å². The quantitative estimate of drug-likeness (QED) is 0.891. The lowest BCUT2D eigenvalue weighted by Crippen LogP contribution is -2.47. The minimum Gasteiger partial charge on any atom is -0.475 e. The van der Waals surface area contributed by atoms with Crippen molar-refractivity contribution in [2.45, 2.75) is 30.7 Å². The molecule has 0 bridgehead atoms. The highest BCUT2D eigenvalue weighted by Crippen LogP contribution is 2.26. The van der Waals surface area contributed by atoms with Crippen LogP contribution in [0.2, 0.25) is 0 Å². The van der Waals surface area contributed by atoms with Crippen molar-refractivity contribution < 1.29 is 22.7 Å². The van der Waals surface area contributed by atoms with E-state index in [4.69, 9.17) is 9.52 Å². The topological polar surface area (TPSA) is 91.1 Å². The molecule has 1 aliphatic heterocycles. The molecule has 0 spiro atoms. The van der Waals surface area contributed by atoms with E-state index in [1.807, 2.05) is 7.05 Å². The third kappa shape index (κ3) is 3.12. The number of likely N-dealkylation sites (tertiary alicyclic amines) is 1. The van der Waals surface area contributed by atoms with Crippen molar-refractivity contribution >= 4 is 16.0 Å². The molecule has 1 fully saturated rings. The first-order chi connectivity index (χ1) is 9.73. The van der Waals surface area contributed by atoms with E-state index in [2.05, 4.69) is 4.90 Å². The number of carbonyl (C=O) groups is 1. The Balaban J connectivity index is 2.30. The van der Waals surface area contributed by atoms with Crippen LogP contribution in [0.5, 0.6) is 0 Å². The summed E-state index contributed by atoms with van der Waals surface area (Å²) in [6.07, 6.45) is 1.73. The van der Waals surface area contributed by atoms with Gasteiger partial charge < -0.3 is 14.4 Å². The maximum absolute atomic E-state index is 12.6. The van der Waals surface area contributed by atoms with E-state index >= 15 is 0 Å². The molecule has 21 heavy (non-hydrogen) atoms. The van der Waals surface area contributed by atoms with Gasteiger partial charge in [-0.25, -0.2) is 13.2 Å². The van der Waals surface area contributed by atoms with Gasteiger partial charge in [-0.05, 0) is 33.4 Å². The number of rotatable bonds is 4. The number of hydrogen-bond donors (Lipinski definition) is 1. The van der Waals surface area contributed by atoms with E-state index in [9.17, 15) is 13.2 Å². The largest absolute Gasteiger partial charge is 0.475 e. The van der Waals surface area contributed by atoms with Crippen LogP contribution < -0.4 is 0 Å². The molecule has 1 aromatic rings. The number of piperidine rings is 1. The number of carboxylic acid groups (broad SMARTS) is 1. The maximum atomic E-state index is 12.6. The van der Waals surface area contributed by atoms with E-state index in [1.54, 1.807) is 0 Å².